The Balaban J connectivity index is 1.59. The molecule has 0 aromatic heterocycles. The Labute approximate surface area is 150 Å². The van der Waals surface area contributed by atoms with Crippen LogP contribution in [0.4, 0.5) is 5.69 Å². The van der Waals surface area contributed by atoms with E-state index in [2.05, 4.69) is 77.8 Å². The van der Waals surface area contributed by atoms with E-state index in [9.17, 15) is 0 Å². The first-order chi connectivity index (χ1) is 12.3. The van der Waals surface area contributed by atoms with E-state index in [4.69, 9.17) is 4.74 Å². The second kappa shape index (κ2) is 6.93. The summed E-state index contributed by atoms with van der Waals surface area (Å²) in [6, 6.07) is 17.7. The first-order valence-electron chi connectivity index (χ1n) is 9.16. The Kier molecular flexibility index (Phi) is 4.50. The van der Waals surface area contributed by atoms with E-state index in [1.807, 2.05) is 0 Å². The summed E-state index contributed by atoms with van der Waals surface area (Å²) < 4.78 is 5.31. The number of methoxy groups -OCH3 is 1. The molecule has 1 fully saturated rings. The molecule has 0 saturated carbocycles. The van der Waals surface area contributed by atoms with Gasteiger partial charge in [0.2, 0.25) is 0 Å². The topological polar surface area (TPSA) is 24.5 Å². The van der Waals surface area contributed by atoms with Gasteiger partial charge in [0.25, 0.3) is 0 Å². The molecule has 4 rings (SSSR count). The monoisotopic (exact) mass is 334 g/mol. The third kappa shape index (κ3) is 3.05. The predicted octanol–water partition coefficient (Wildman–Crippen LogP) is 3.92. The summed E-state index contributed by atoms with van der Waals surface area (Å²) in [6.07, 6.45) is 4.67. The maximum atomic E-state index is 5.31. The number of benzene rings is 2. The van der Waals surface area contributed by atoms with Gasteiger partial charge >= 0.3 is 0 Å². The minimum atomic E-state index is 0.475. The van der Waals surface area contributed by atoms with Crippen LogP contribution in [0.2, 0.25) is 0 Å². The van der Waals surface area contributed by atoms with Gasteiger partial charge in [-0.15, -0.1) is 0 Å². The number of nitrogens with zero attached hydrogens (tertiary/aromatic N) is 1. The fourth-order valence-electron chi connectivity index (χ4n) is 4.26. The van der Waals surface area contributed by atoms with Gasteiger partial charge in [0, 0.05) is 37.3 Å². The van der Waals surface area contributed by atoms with E-state index >= 15 is 0 Å². The fraction of sp³-hybridized carbons (Fsp3) is 0.364. The van der Waals surface area contributed by atoms with Crippen molar-refractivity contribution >= 4 is 11.8 Å². The summed E-state index contributed by atoms with van der Waals surface area (Å²) in [5.41, 5.74) is 4.13. The summed E-state index contributed by atoms with van der Waals surface area (Å²) in [7, 11) is 1.72. The molecule has 0 radical (unpaired) electrons. The Morgan fingerprint density at radius 2 is 1.92 bits per heavy atom. The number of ether oxygens (including phenoxy) is 1. The van der Waals surface area contributed by atoms with Crippen molar-refractivity contribution in [2.45, 2.75) is 18.9 Å². The van der Waals surface area contributed by atoms with Crippen molar-refractivity contribution < 1.29 is 4.74 Å². The van der Waals surface area contributed by atoms with Crippen LogP contribution >= 0.6 is 0 Å². The van der Waals surface area contributed by atoms with Gasteiger partial charge in [-0.2, -0.15) is 0 Å². The van der Waals surface area contributed by atoms with Gasteiger partial charge in [-0.05, 0) is 41.3 Å². The average Bonchev–Trinajstić information content (AvgIpc) is 3.12. The normalized spacial score (nSPS) is 23.4. The minimum Gasteiger partial charge on any atom is -0.497 e. The lowest BCUT2D eigenvalue weighted by Gasteiger charge is -2.43. The number of nitrogens with one attached hydrogen (secondary N) is 1. The molecule has 1 aliphatic heterocycles. The molecule has 3 nitrogen and oxygen atoms in total. The highest BCUT2D eigenvalue weighted by Gasteiger charge is 2.34. The molecule has 25 heavy (non-hydrogen) atoms. The zero-order valence-corrected chi connectivity index (χ0v) is 15.0. The molecule has 3 atom stereocenters. The number of rotatable bonds is 4. The third-order valence-corrected chi connectivity index (χ3v) is 5.70. The van der Waals surface area contributed by atoms with Gasteiger partial charge in [-0.25, -0.2) is 0 Å². The van der Waals surface area contributed by atoms with Gasteiger partial charge in [-0.3, -0.25) is 0 Å². The van der Waals surface area contributed by atoms with E-state index in [1.165, 1.54) is 16.8 Å². The maximum absolute atomic E-state index is 5.31. The van der Waals surface area contributed by atoms with Crippen LogP contribution in [0.15, 0.2) is 54.6 Å². The molecule has 2 aliphatic rings. The lowest BCUT2D eigenvalue weighted by Crippen LogP contribution is -2.55. The van der Waals surface area contributed by atoms with Crippen LogP contribution in [-0.2, 0) is 0 Å². The Bertz CT molecular complexity index is 753. The standard InChI is InChI=1S/C22H26N2O/c1-16(20-12-7-17-5-3-4-6-21(17)20)22-15-23-13-14-24(22)18-8-10-19(25-2)11-9-18/h3-12,16,20,22-23H,13-15H2,1-2H3. The van der Waals surface area contributed by atoms with Crippen LogP contribution in [0.3, 0.4) is 0 Å². The van der Waals surface area contributed by atoms with Crippen LogP contribution in [0, 0.1) is 5.92 Å². The number of allylic oxidation sites excluding steroid dienone is 1. The lowest BCUT2D eigenvalue weighted by atomic mass is 9.82. The molecule has 0 bridgehead atoms. The van der Waals surface area contributed by atoms with Crippen molar-refractivity contribution in [1.82, 2.24) is 5.32 Å². The molecule has 1 heterocycles. The highest BCUT2D eigenvalue weighted by molar-refractivity contribution is 5.63. The molecular weight excluding hydrogens is 308 g/mol. The van der Waals surface area contributed by atoms with Crippen molar-refractivity contribution in [1.29, 1.82) is 0 Å². The van der Waals surface area contributed by atoms with E-state index in [1.54, 1.807) is 7.11 Å². The Hall–Kier alpha value is -2.26. The quantitative estimate of drug-likeness (QED) is 0.917. The highest BCUT2D eigenvalue weighted by Crippen LogP contribution is 2.39. The predicted molar refractivity (Wildman–Crippen MR) is 104 cm³/mol. The molecule has 130 valence electrons. The van der Waals surface area contributed by atoms with Crippen molar-refractivity contribution in [2.24, 2.45) is 5.92 Å². The zero-order valence-electron chi connectivity index (χ0n) is 15.0. The van der Waals surface area contributed by atoms with Crippen LogP contribution < -0.4 is 15.0 Å². The van der Waals surface area contributed by atoms with Crippen molar-refractivity contribution in [3.05, 3.63) is 65.7 Å². The first-order valence-corrected chi connectivity index (χ1v) is 9.16. The Morgan fingerprint density at radius 3 is 2.72 bits per heavy atom. The molecule has 3 unspecified atom stereocenters. The number of fused-ring (bicyclic) bond motifs is 1. The van der Waals surface area contributed by atoms with E-state index in [-0.39, 0.29) is 0 Å². The number of hydrogen-bond donors (Lipinski definition) is 1. The third-order valence-electron chi connectivity index (χ3n) is 5.70. The van der Waals surface area contributed by atoms with Crippen molar-refractivity contribution in [3.63, 3.8) is 0 Å². The van der Waals surface area contributed by atoms with E-state index in [0.717, 1.165) is 25.4 Å². The highest BCUT2D eigenvalue weighted by atomic mass is 16.5. The molecule has 0 spiro atoms. The lowest BCUT2D eigenvalue weighted by molar-refractivity contribution is 0.350. The molecule has 1 aliphatic carbocycles. The van der Waals surface area contributed by atoms with Gasteiger partial charge in [0.05, 0.1) is 7.11 Å². The molecular formula is C22H26N2O. The van der Waals surface area contributed by atoms with Crippen LogP contribution in [0.1, 0.15) is 24.0 Å². The number of piperazine rings is 1. The average molecular weight is 334 g/mol. The molecule has 3 heteroatoms. The largest absolute Gasteiger partial charge is 0.497 e. The van der Waals surface area contributed by atoms with Crippen LogP contribution in [0.25, 0.3) is 6.08 Å². The second-order valence-electron chi connectivity index (χ2n) is 7.04. The van der Waals surface area contributed by atoms with Gasteiger partial charge in [-0.1, -0.05) is 43.3 Å². The molecule has 1 saturated heterocycles. The zero-order chi connectivity index (χ0) is 17.2. The molecule has 2 aromatic carbocycles. The van der Waals surface area contributed by atoms with Crippen LogP contribution in [-0.4, -0.2) is 32.8 Å². The summed E-state index contributed by atoms with van der Waals surface area (Å²) in [4.78, 5) is 2.56. The molecule has 1 N–H and O–H groups in total. The fourth-order valence-corrected chi connectivity index (χ4v) is 4.26. The van der Waals surface area contributed by atoms with Crippen molar-refractivity contribution in [3.8, 4) is 5.75 Å². The SMILES string of the molecule is COc1ccc(N2CCNCC2C(C)C2C=Cc3ccccc32)cc1. The maximum Gasteiger partial charge on any atom is 0.119 e. The second-order valence-corrected chi connectivity index (χ2v) is 7.04. The smallest absolute Gasteiger partial charge is 0.119 e. The van der Waals surface area contributed by atoms with Crippen LogP contribution in [0.5, 0.6) is 5.75 Å². The summed E-state index contributed by atoms with van der Waals surface area (Å²) in [5.74, 6) is 1.94. The molecule has 2 aromatic rings. The minimum absolute atomic E-state index is 0.475. The van der Waals surface area contributed by atoms with Gasteiger partial charge < -0.3 is 15.0 Å². The van der Waals surface area contributed by atoms with E-state index < -0.39 is 0 Å². The van der Waals surface area contributed by atoms with E-state index in [0.29, 0.717) is 17.9 Å². The van der Waals surface area contributed by atoms with Gasteiger partial charge in [0.1, 0.15) is 5.75 Å². The number of hydrogen-bond acceptors (Lipinski definition) is 3. The summed E-state index contributed by atoms with van der Waals surface area (Å²) in [5, 5.41) is 3.60. The summed E-state index contributed by atoms with van der Waals surface area (Å²) >= 11 is 0. The number of anilines is 1. The van der Waals surface area contributed by atoms with Gasteiger partial charge in [0.15, 0.2) is 0 Å². The van der Waals surface area contributed by atoms with Crippen molar-refractivity contribution in [2.75, 3.05) is 31.6 Å². The molecule has 0 amide bonds. The summed E-state index contributed by atoms with van der Waals surface area (Å²) in [6.45, 7) is 5.50. The Morgan fingerprint density at radius 1 is 1.12 bits per heavy atom. The first kappa shape index (κ1) is 16.2.